The van der Waals surface area contributed by atoms with Gasteiger partial charge >= 0.3 is 0 Å². The molecule has 0 spiro atoms. The third-order valence-electron chi connectivity index (χ3n) is 9.27. The molecule has 1 aromatic carbocycles. The number of likely N-dealkylation sites (tertiary alicyclic amines) is 1. The zero-order valence-electron chi connectivity index (χ0n) is 20.4. The Bertz CT molecular complexity index is 866. The largest absolute Gasteiger partial charge is 0.488 e. The van der Waals surface area contributed by atoms with Crippen molar-refractivity contribution in [2.75, 3.05) is 26.3 Å². The molecule has 0 bridgehead atoms. The first-order valence-corrected chi connectivity index (χ1v) is 12.9. The fourth-order valence-corrected chi connectivity index (χ4v) is 7.34. The second-order valence-electron chi connectivity index (χ2n) is 11.3. The van der Waals surface area contributed by atoms with Crippen molar-refractivity contribution in [2.24, 2.45) is 22.7 Å². The third kappa shape index (κ3) is 4.36. The molecular weight excluding hydrogens is 434 g/mol. The van der Waals surface area contributed by atoms with Crippen molar-refractivity contribution in [1.29, 1.82) is 0 Å². The quantitative estimate of drug-likeness (QED) is 0.684. The number of rotatable bonds is 5. The number of benzene rings is 1. The van der Waals surface area contributed by atoms with Gasteiger partial charge in [-0.05, 0) is 61.5 Å². The highest BCUT2D eigenvalue weighted by molar-refractivity contribution is 5.77. The van der Waals surface area contributed by atoms with Gasteiger partial charge in [-0.2, -0.15) is 0 Å². The maximum absolute atomic E-state index is 13.1. The molecule has 4 fully saturated rings. The minimum Gasteiger partial charge on any atom is -0.488 e. The van der Waals surface area contributed by atoms with Gasteiger partial charge in [-0.15, -0.1) is 0 Å². The number of hydrogen-bond acceptors (Lipinski definition) is 6. The van der Waals surface area contributed by atoms with Crippen molar-refractivity contribution in [3.8, 4) is 5.75 Å². The van der Waals surface area contributed by atoms with E-state index in [-0.39, 0.29) is 28.8 Å². The lowest BCUT2D eigenvalue weighted by molar-refractivity contribution is -0.313. The Morgan fingerprint density at radius 1 is 1.12 bits per heavy atom. The van der Waals surface area contributed by atoms with Crippen LogP contribution in [0.5, 0.6) is 5.75 Å². The molecule has 5 rings (SSSR count). The summed E-state index contributed by atoms with van der Waals surface area (Å²) in [6, 6.07) is 9.71. The highest BCUT2D eigenvalue weighted by atomic mass is 16.7. The summed E-state index contributed by atoms with van der Waals surface area (Å²) in [7, 11) is 0. The molecule has 1 amide bonds. The fraction of sp³-hybridized carbons (Fsp3) is 0.741. The molecule has 2 aliphatic carbocycles. The number of amides is 1. The van der Waals surface area contributed by atoms with Crippen molar-refractivity contribution in [2.45, 2.75) is 77.0 Å². The van der Waals surface area contributed by atoms with E-state index in [1.165, 1.54) is 0 Å². The Morgan fingerprint density at radius 3 is 2.65 bits per heavy atom. The molecule has 8 atom stereocenters. The van der Waals surface area contributed by atoms with Crippen LogP contribution in [0.1, 0.15) is 52.4 Å². The predicted molar refractivity (Wildman–Crippen MR) is 126 cm³/mol. The molecule has 7 heteroatoms. The fourth-order valence-electron chi connectivity index (χ4n) is 7.34. The molecule has 2 saturated carbocycles. The molecule has 2 heterocycles. The third-order valence-corrected chi connectivity index (χ3v) is 9.27. The summed E-state index contributed by atoms with van der Waals surface area (Å²) in [5, 5.41) is 20.9. The van der Waals surface area contributed by atoms with Gasteiger partial charge in [-0.1, -0.05) is 32.0 Å². The molecule has 0 aromatic heterocycles. The summed E-state index contributed by atoms with van der Waals surface area (Å²) in [5.41, 5.74) is -0.321. The van der Waals surface area contributed by atoms with Gasteiger partial charge in [0.05, 0.1) is 24.9 Å². The lowest BCUT2D eigenvalue weighted by atomic mass is 9.46. The number of ether oxygens (including phenoxy) is 3. The molecule has 1 aromatic rings. The predicted octanol–water partition coefficient (Wildman–Crippen LogP) is 2.98. The van der Waals surface area contributed by atoms with Crippen molar-refractivity contribution in [3.63, 3.8) is 0 Å². The van der Waals surface area contributed by atoms with Crippen molar-refractivity contribution < 1.29 is 29.2 Å². The topological polar surface area (TPSA) is 88.5 Å². The van der Waals surface area contributed by atoms with Crippen LogP contribution in [0.3, 0.4) is 0 Å². The Labute approximate surface area is 202 Å². The summed E-state index contributed by atoms with van der Waals surface area (Å²) in [6.45, 7) is 6.50. The zero-order chi connectivity index (χ0) is 23.9. The second-order valence-corrected chi connectivity index (χ2v) is 11.3. The first kappa shape index (κ1) is 24.0. The summed E-state index contributed by atoms with van der Waals surface area (Å²) >= 11 is 0. The smallest absolute Gasteiger partial charge is 0.223 e. The Balaban J connectivity index is 1.26. The molecule has 1 unspecified atom stereocenters. The van der Waals surface area contributed by atoms with E-state index in [1.54, 1.807) is 4.90 Å². The van der Waals surface area contributed by atoms with Crippen LogP contribution in [0, 0.1) is 22.7 Å². The van der Waals surface area contributed by atoms with E-state index in [0.717, 1.165) is 25.0 Å². The van der Waals surface area contributed by atoms with Crippen LogP contribution in [0.15, 0.2) is 30.3 Å². The number of β-amino-alcohol motifs (C(OH)–C–C–N with tert-alkyl or cyclic N) is 1. The highest BCUT2D eigenvalue weighted by Crippen LogP contribution is 2.62. The molecule has 2 saturated heterocycles. The van der Waals surface area contributed by atoms with Crippen LogP contribution in [0.2, 0.25) is 0 Å². The van der Waals surface area contributed by atoms with Gasteiger partial charge in [-0.3, -0.25) is 4.79 Å². The molecular formula is C27H39NO6. The van der Waals surface area contributed by atoms with Crippen LogP contribution in [0.4, 0.5) is 0 Å². The van der Waals surface area contributed by atoms with Crippen LogP contribution in [0.25, 0.3) is 0 Å². The minimum absolute atomic E-state index is 0.0593. The number of para-hydroxylation sites is 1. The molecule has 7 nitrogen and oxygen atoms in total. The average Bonchev–Trinajstić information content (AvgIpc) is 3.27. The van der Waals surface area contributed by atoms with E-state index in [0.29, 0.717) is 51.5 Å². The first-order valence-electron chi connectivity index (χ1n) is 12.9. The van der Waals surface area contributed by atoms with E-state index < -0.39 is 18.5 Å². The standard InChI is InChI=1S/C27H39NO6/c1-26-12-10-23-27(2,17-33-25(34-23)16-32-19-6-4-3-5-7-19)22(26)9-8-21(30)20(26)14-24(31)28-13-11-18(29)15-28/h3-7,18,20-23,25,29-30H,8-17H2,1-2H3/t18-,20-,21-,22?,23-,25-,26+,27+/m1/s1. The number of nitrogens with zero attached hydrogens (tertiary/aromatic N) is 1. The number of fused-ring (bicyclic) bond motifs is 3. The van der Waals surface area contributed by atoms with E-state index in [2.05, 4.69) is 13.8 Å². The number of carbonyl (C=O) groups is 1. The molecule has 2 aliphatic heterocycles. The van der Waals surface area contributed by atoms with Gasteiger partial charge in [0.1, 0.15) is 12.4 Å². The number of carbonyl (C=O) groups excluding carboxylic acids is 1. The van der Waals surface area contributed by atoms with E-state index in [1.807, 2.05) is 30.3 Å². The summed E-state index contributed by atoms with van der Waals surface area (Å²) < 4.78 is 18.5. The molecule has 34 heavy (non-hydrogen) atoms. The van der Waals surface area contributed by atoms with Crippen LogP contribution in [-0.2, 0) is 14.3 Å². The normalized spacial score (nSPS) is 42.1. The first-order chi connectivity index (χ1) is 16.3. The van der Waals surface area contributed by atoms with Crippen molar-refractivity contribution in [3.05, 3.63) is 30.3 Å². The molecule has 4 aliphatic rings. The second kappa shape index (κ2) is 9.41. The van der Waals surface area contributed by atoms with Crippen LogP contribution in [-0.4, -0.2) is 71.9 Å². The number of aliphatic hydroxyl groups excluding tert-OH is 2. The van der Waals surface area contributed by atoms with Gasteiger partial charge in [0.15, 0.2) is 6.29 Å². The van der Waals surface area contributed by atoms with Gasteiger partial charge in [-0.25, -0.2) is 0 Å². The van der Waals surface area contributed by atoms with Crippen LogP contribution < -0.4 is 4.74 Å². The van der Waals surface area contributed by atoms with Gasteiger partial charge in [0.25, 0.3) is 0 Å². The number of aliphatic hydroxyl groups is 2. The maximum Gasteiger partial charge on any atom is 0.223 e. The van der Waals surface area contributed by atoms with E-state index >= 15 is 0 Å². The molecule has 0 radical (unpaired) electrons. The Kier molecular flexibility index (Phi) is 6.66. The Morgan fingerprint density at radius 2 is 1.91 bits per heavy atom. The lowest BCUT2D eigenvalue weighted by Gasteiger charge is -2.63. The molecule has 2 N–H and O–H groups in total. The lowest BCUT2D eigenvalue weighted by Crippen LogP contribution is -2.63. The highest BCUT2D eigenvalue weighted by Gasteiger charge is 2.61. The SMILES string of the molecule is C[C@@]12CO[C@@H](COc3ccccc3)O[C@@H]1CC[C@]1(C)C2CC[C@@H](O)[C@H]1CC(=O)N1CC[C@@H](O)C1. The minimum atomic E-state index is -0.477. The summed E-state index contributed by atoms with van der Waals surface area (Å²) in [4.78, 5) is 14.8. The van der Waals surface area contributed by atoms with Gasteiger partial charge in [0, 0.05) is 24.9 Å². The monoisotopic (exact) mass is 473 g/mol. The van der Waals surface area contributed by atoms with Crippen molar-refractivity contribution >= 4 is 5.91 Å². The van der Waals surface area contributed by atoms with Crippen molar-refractivity contribution in [1.82, 2.24) is 4.90 Å². The number of hydrogen-bond donors (Lipinski definition) is 2. The Hall–Kier alpha value is -1.67. The molecule has 188 valence electrons. The summed E-state index contributed by atoms with van der Waals surface area (Å²) in [5.74, 6) is 1.08. The van der Waals surface area contributed by atoms with Gasteiger partial charge < -0.3 is 29.3 Å². The van der Waals surface area contributed by atoms with Gasteiger partial charge in [0.2, 0.25) is 5.91 Å². The van der Waals surface area contributed by atoms with E-state index in [9.17, 15) is 15.0 Å². The zero-order valence-corrected chi connectivity index (χ0v) is 20.4. The average molecular weight is 474 g/mol. The summed E-state index contributed by atoms with van der Waals surface area (Å²) in [6.07, 6.45) is 3.18. The van der Waals surface area contributed by atoms with Crippen LogP contribution >= 0.6 is 0 Å². The van der Waals surface area contributed by atoms with E-state index in [4.69, 9.17) is 14.2 Å². The maximum atomic E-state index is 13.1.